The lowest BCUT2D eigenvalue weighted by Crippen LogP contribution is -2.22. The monoisotopic (exact) mass is 511 g/mol. The Labute approximate surface area is 197 Å². The van der Waals surface area contributed by atoms with Gasteiger partial charge in [0.25, 0.3) is 10.0 Å². The van der Waals surface area contributed by atoms with Crippen LogP contribution in [0.4, 0.5) is 8.78 Å². The molecule has 0 aliphatic rings. The largest absolute Gasteiger partial charge is 0.478 e. The number of hydrogen-bond acceptors (Lipinski definition) is 7. The second kappa shape index (κ2) is 10.1. The van der Waals surface area contributed by atoms with Gasteiger partial charge in [-0.1, -0.05) is 17.7 Å². The van der Waals surface area contributed by atoms with Crippen molar-refractivity contribution in [2.24, 2.45) is 0 Å². The van der Waals surface area contributed by atoms with Crippen LogP contribution in [0.2, 0.25) is 5.15 Å². The summed E-state index contributed by atoms with van der Waals surface area (Å²) in [4.78, 5) is 26.0. The summed E-state index contributed by atoms with van der Waals surface area (Å²) in [5, 5.41) is 10.7. The molecule has 0 radical (unpaired) electrons. The zero-order valence-electron chi connectivity index (χ0n) is 17.3. The molecule has 0 fully saturated rings. The molecule has 13 heteroatoms. The summed E-state index contributed by atoms with van der Waals surface area (Å²) in [5.41, 5.74) is -1.32. The van der Waals surface area contributed by atoms with Gasteiger partial charge < -0.3 is 9.84 Å². The maximum atomic E-state index is 14.6. The van der Waals surface area contributed by atoms with Gasteiger partial charge in [-0.15, -0.1) is 0 Å². The predicted molar refractivity (Wildman–Crippen MR) is 116 cm³/mol. The minimum atomic E-state index is -4.52. The van der Waals surface area contributed by atoms with Gasteiger partial charge in [0, 0.05) is 30.1 Å². The highest BCUT2D eigenvalue weighted by molar-refractivity contribution is 7.90. The molecule has 0 saturated carbocycles. The first-order valence-electron chi connectivity index (χ1n) is 9.38. The Morgan fingerprint density at radius 3 is 2.44 bits per heavy atom. The molecule has 2 heterocycles. The molecule has 3 aromatic rings. The lowest BCUT2D eigenvalue weighted by molar-refractivity contribution is -0.145. The number of hydrogen-bond donors (Lipinski definition) is 2. The molecular formula is C21H16ClF2N3O6S. The van der Waals surface area contributed by atoms with E-state index in [4.69, 9.17) is 21.4 Å². The number of pyridine rings is 1. The second-order valence-corrected chi connectivity index (χ2v) is 8.75. The molecule has 0 saturated heterocycles. The Morgan fingerprint density at radius 1 is 1.21 bits per heavy atom. The van der Waals surface area contributed by atoms with Gasteiger partial charge in [-0.25, -0.2) is 30.8 Å². The Morgan fingerprint density at radius 2 is 1.88 bits per heavy atom. The van der Waals surface area contributed by atoms with E-state index in [1.165, 1.54) is 25.4 Å². The van der Waals surface area contributed by atoms with Crippen LogP contribution >= 0.6 is 11.6 Å². The highest BCUT2D eigenvalue weighted by atomic mass is 35.5. The van der Waals surface area contributed by atoms with Gasteiger partial charge in [0.2, 0.25) is 0 Å². The molecule has 1 aromatic carbocycles. The molecule has 0 bridgehead atoms. The smallest absolute Gasteiger partial charge is 0.332 e. The van der Waals surface area contributed by atoms with Crippen LogP contribution in [0.15, 0.2) is 65.8 Å². The molecule has 178 valence electrons. The van der Waals surface area contributed by atoms with E-state index < -0.39 is 56.2 Å². The van der Waals surface area contributed by atoms with Gasteiger partial charge in [-0.2, -0.15) is 0 Å². The van der Waals surface area contributed by atoms with Gasteiger partial charge in [-0.3, -0.25) is 10.3 Å². The fraction of sp³-hybridized carbons (Fsp3) is 0.0952. The molecule has 2 aromatic heterocycles. The zero-order chi connectivity index (χ0) is 25.0. The molecule has 1 unspecified atom stereocenters. The van der Waals surface area contributed by atoms with Crippen molar-refractivity contribution in [2.75, 3.05) is 7.05 Å². The van der Waals surface area contributed by atoms with E-state index in [0.29, 0.717) is 16.1 Å². The number of nitrogens with one attached hydrogen (secondary N) is 1. The third kappa shape index (κ3) is 4.98. The van der Waals surface area contributed by atoms with Crippen molar-refractivity contribution < 1.29 is 36.6 Å². The lowest BCUT2D eigenvalue weighted by atomic mass is 10.1. The minimum Gasteiger partial charge on any atom is -0.478 e. The van der Waals surface area contributed by atoms with Crippen LogP contribution in [0.1, 0.15) is 11.8 Å². The van der Waals surface area contributed by atoms with Crippen LogP contribution in [-0.4, -0.2) is 41.5 Å². The van der Waals surface area contributed by atoms with Gasteiger partial charge >= 0.3 is 11.9 Å². The molecule has 2 N–H and O–H groups in total. The van der Waals surface area contributed by atoms with Crippen LogP contribution < -0.4 is 5.32 Å². The average molecular weight is 512 g/mol. The number of carbonyl (C=O) groups excluding carboxylic acids is 1. The molecular weight excluding hydrogens is 496 g/mol. The van der Waals surface area contributed by atoms with Gasteiger partial charge in [0.15, 0.2) is 6.23 Å². The molecule has 0 amide bonds. The summed E-state index contributed by atoms with van der Waals surface area (Å²) in [5.74, 6) is -4.63. The number of esters is 1. The number of carboxylic acid groups (broad SMARTS) is 1. The number of aromatic nitrogens is 2. The molecule has 0 aliphatic carbocycles. The number of carboxylic acids is 1. The van der Waals surface area contributed by atoms with Gasteiger partial charge in [0.05, 0.1) is 11.3 Å². The van der Waals surface area contributed by atoms with Crippen LogP contribution in [0, 0.1) is 11.6 Å². The standard InChI is InChI=1S/C21H16ClF2N3O6S/c1-25-21(33-18(30)8-7-17(28)29)13-10-16(19-14(23)5-2-6-15(19)24)27(20(13)22)34(31,32)12-4-3-9-26-11-12/h2-11,21,25H,1H3,(H,28,29)/b8-7+. The number of nitrogens with zero attached hydrogens (tertiary/aromatic N) is 2. The van der Waals surface area contributed by atoms with Crippen molar-refractivity contribution in [3.63, 3.8) is 0 Å². The molecule has 34 heavy (non-hydrogen) atoms. The van der Waals surface area contributed by atoms with Crippen molar-refractivity contribution in [3.05, 3.63) is 83.3 Å². The van der Waals surface area contributed by atoms with Crippen LogP contribution in [0.25, 0.3) is 11.3 Å². The summed E-state index contributed by atoms with van der Waals surface area (Å²) in [6.07, 6.45) is 2.12. The highest BCUT2D eigenvalue weighted by Gasteiger charge is 2.32. The van der Waals surface area contributed by atoms with E-state index in [2.05, 4.69) is 10.3 Å². The highest BCUT2D eigenvalue weighted by Crippen LogP contribution is 2.38. The second-order valence-electron chi connectivity index (χ2n) is 6.61. The van der Waals surface area contributed by atoms with Gasteiger partial charge in [0.1, 0.15) is 21.7 Å². The van der Waals surface area contributed by atoms with Crippen LogP contribution in [-0.2, 0) is 24.3 Å². The number of rotatable bonds is 8. The fourth-order valence-corrected chi connectivity index (χ4v) is 4.89. The molecule has 3 rings (SSSR count). The van der Waals surface area contributed by atoms with Gasteiger partial charge in [-0.05, 0) is 37.4 Å². The summed E-state index contributed by atoms with van der Waals surface area (Å²) < 4.78 is 61.7. The molecule has 9 nitrogen and oxygen atoms in total. The summed E-state index contributed by atoms with van der Waals surface area (Å²) in [6, 6.07) is 6.59. The SMILES string of the molecule is CNC(OC(=O)/C=C/C(=O)O)c1cc(-c2c(F)cccc2F)n(S(=O)(=O)c2cccnc2)c1Cl. The first kappa shape index (κ1) is 25.0. The third-order valence-corrected chi connectivity index (χ3v) is 6.64. The number of carbonyl (C=O) groups is 2. The Hall–Kier alpha value is -3.61. The first-order valence-corrected chi connectivity index (χ1v) is 11.2. The third-order valence-electron chi connectivity index (χ3n) is 4.46. The number of halogens is 3. The summed E-state index contributed by atoms with van der Waals surface area (Å²) in [6.45, 7) is 0. The van der Waals surface area contributed by atoms with Crippen LogP contribution in [0.3, 0.4) is 0 Å². The number of aliphatic carboxylic acids is 1. The summed E-state index contributed by atoms with van der Waals surface area (Å²) >= 11 is 6.38. The van der Waals surface area contributed by atoms with Crippen molar-refractivity contribution in [1.29, 1.82) is 0 Å². The summed E-state index contributed by atoms with van der Waals surface area (Å²) in [7, 11) is -3.19. The Bertz CT molecular complexity index is 1360. The van der Waals surface area contributed by atoms with E-state index in [1.54, 1.807) is 0 Å². The van der Waals surface area contributed by atoms with E-state index >= 15 is 0 Å². The first-order chi connectivity index (χ1) is 16.1. The molecule has 1 atom stereocenters. The number of benzene rings is 1. The van der Waals surface area contributed by atoms with Crippen molar-refractivity contribution in [3.8, 4) is 11.3 Å². The number of ether oxygens (including phenoxy) is 1. The Balaban J connectivity index is 2.24. The normalized spacial score (nSPS) is 12.6. The molecule has 0 spiro atoms. The fourth-order valence-electron chi connectivity index (χ4n) is 3.00. The van der Waals surface area contributed by atoms with E-state index in [1.807, 2.05) is 0 Å². The predicted octanol–water partition coefficient (Wildman–Crippen LogP) is 3.12. The topological polar surface area (TPSA) is 128 Å². The quantitative estimate of drug-likeness (QED) is 0.268. The Kier molecular flexibility index (Phi) is 7.44. The minimum absolute atomic E-state index is 0.161. The van der Waals surface area contributed by atoms with Crippen LogP contribution in [0.5, 0.6) is 0 Å². The lowest BCUT2D eigenvalue weighted by Gasteiger charge is -2.16. The van der Waals surface area contributed by atoms with Crippen molar-refractivity contribution >= 4 is 33.6 Å². The van der Waals surface area contributed by atoms with E-state index in [9.17, 15) is 26.8 Å². The maximum Gasteiger partial charge on any atom is 0.332 e. The van der Waals surface area contributed by atoms with Crippen molar-refractivity contribution in [2.45, 2.75) is 11.1 Å². The molecule has 0 aliphatic heterocycles. The average Bonchev–Trinajstić information content (AvgIpc) is 3.13. The van der Waals surface area contributed by atoms with E-state index in [-0.39, 0.29) is 10.5 Å². The van der Waals surface area contributed by atoms with Crippen molar-refractivity contribution in [1.82, 2.24) is 14.3 Å². The van der Waals surface area contributed by atoms with E-state index in [0.717, 1.165) is 30.5 Å². The zero-order valence-corrected chi connectivity index (χ0v) is 18.8. The maximum absolute atomic E-state index is 14.6.